The van der Waals surface area contributed by atoms with Gasteiger partial charge in [-0.2, -0.15) is 0 Å². The number of hydrogen-bond donors (Lipinski definition) is 1. The molecule has 0 aliphatic carbocycles. The molecule has 3 rings (SSSR count). The first kappa shape index (κ1) is 12.4. The van der Waals surface area contributed by atoms with Crippen LogP contribution in [0.25, 0.3) is 10.2 Å². The summed E-state index contributed by atoms with van der Waals surface area (Å²) in [6, 6.07) is 1.93. The van der Waals surface area contributed by atoms with Crippen LogP contribution >= 0.6 is 23.1 Å². The Morgan fingerprint density at radius 3 is 2.95 bits per heavy atom. The second-order valence-corrected chi connectivity index (χ2v) is 5.60. The second kappa shape index (κ2) is 5.14. The average Bonchev–Trinajstić information content (AvgIpc) is 3.05. The zero-order valence-corrected chi connectivity index (χ0v) is 11.8. The van der Waals surface area contributed by atoms with Gasteiger partial charge in [-0.25, -0.2) is 9.97 Å². The fourth-order valence-electron chi connectivity index (χ4n) is 1.54. The summed E-state index contributed by atoms with van der Waals surface area (Å²) in [5, 5.41) is 11.4. The predicted octanol–water partition coefficient (Wildman–Crippen LogP) is 2.51. The van der Waals surface area contributed by atoms with Crippen molar-refractivity contribution in [3.05, 3.63) is 23.2 Å². The zero-order valence-electron chi connectivity index (χ0n) is 10.2. The molecule has 3 aromatic rings. The highest BCUT2D eigenvalue weighted by atomic mass is 32.2. The second-order valence-electron chi connectivity index (χ2n) is 3.76. The Labute approximate surface area is 117 Å². The van der Waals surface area contributed by atoms with E-state index in [1.807, 2.05) is 18.4 Å². The summed E-state index contributed by atoms with van der Waals surface area (Å²) in [5.74, 6) is 2.28. The number of fused-ring (bicyclic) bond motifs is 1. The van der Waals surface area contributed by atoms with E-state index in [2.05, 4.69) is 20.2 Å². The number of aromatic nitrogens is 4. The average molecular weight is 293 g/mol. The van der Waals surface area contributed by atoms with Crippen molar-refractivity contribution in [1.29, 1.82) is 0 Å². The van der Waals surface area contributed by atoms with E-state index in [-0.39, 0.29) is 0 Å². The van der Waals surface area contributed by atoms with Crippen molar-refractivity contribution in [3.63, 3.8) is 0 Å². The third-order valence-corrected chi connectivity index (χ3v) is 4.11. The van der Waals surface area contributed by atoms with E-state index in [4.69, 9.17) is 10.2 Å². The third-order valence-electron chi connectivity index (χ3n) is 2.47. The number of nitrogen functional groups attached to an aromatic ring is 1. The molecule has 0 saturated carbocycles. The van der Waals surface area contributed by atoms with Gasteiger partial charge in [0.2, 0.25) is 11.8 Å². The highest BCUT2D eigenvalue weighted by Crippen LogP contribution is 2.27. The minimum absolute atomic E-state index is 0.508. The van der Waals surface area contributed by atoms with E-state index in [0.717, 1.165) is 16.6 Å². The Bertz CT molecular complexity index is 708. The summed E-state index contributed by atoms with van der Waals surface area (Å²) in [5.41, 5.74) is 5.89. The lowest BCUT2D eigenvalue weighted by Gasteiger charge is -2.00. The molecule has 0 atom stereocenters. The molecule has 0 aromatic carbocycles. The van der Waals surface area contributed by atoms with Crippen molar-refractivity contribution in [1.82, 2.24) is 20.2 Å². The summed E-state index contributed by atoms with van der Waals surface area (Å²) in [6.07, 6.45) is 0.738. The van der Waals surface area contributed by atoms with Gasteiger partial charge in [-0.15, -0.1) is 21.5 Å². The summed E-state index contributed by atoms with van der Waals surface area (Å²) >= 11 is 2.99. The fraction of sp³-hybridized carbons (Fsp3) is 0.273. The van der Waals surface area contributed by atoms with E-state index in [1.165, 1.54) is 11.8 Å². The summed E-state index contributed by atoms with van der Waals surface area (Å²) in [6.45, 7) is 1.97. The number of rotatable bonds is 4. The number of nitrogens with zero attached hydrogens (tertiary/aromatic N) is 4. The van der Waals surface area contributed by atoms with Crippen LogP contribution in [-0.2, 0) is 12.2 Å². The normalized spacial score (nSPS) is 11.2. The standard InChI is InChI=1S/C11H11N5OS2/c1-2-7-15-16-8(17-7)5-19-11-13-9(12)6-3-4-18-10(6)14-11/h3-4H,2,5H2,1H3,(H2,12,13,14). The Kier molecular flexibility index (Phi) is 3.34. The molecule has 0 amide bonds. The van der Waals surface area contributed by atoms with Gasteiger partial charge in [0.25, 0.3) is 0 Å². The Hall–Kier alpha value is -1.67. The lowest BCUT2D eigenvalue weighted by molar-refractivity contribution is 0.470. The van der Waals surface area contributed by atoms with Crippen LogP contribution in [0.15, 0.2) is 21.0 Å². The Morgan fingerprint density at radius 2 is 2.16 bits per heavy atom. The maximum Gasteiger partial charge on any atom is 0.226 e. The van der Waals surface area contributed by atoms with Crippen LogP contribution in [0.3, 0.4) is 0 Å². The monoisotopic (exact) mass is 293 g/mol. The van der Waals surface area contributed by atoms with Gasteiger partial charge in [-0.05, 0) is 11.4 Å². The minimum atomic E-state index is 0.508. The number of thiophene rings is 1. The SMILES string of the molecule is CCc1nnc(CSc2nc(N)c3ccsc3n2)o1. The first-order chi connectivity index (χ1) is 9.26. The highest BCUT2D eigenvalue weighted by Gasteiger charge is 2.09. The van der Waals surface area contributed by atoms with Crippen molar-refractivity contribution < 1.29 is 4.42 Å². The molecule has 0 fully saturated rings. The van der Waals surface area contributed by atoms with Crippen molar-refractivity contribution >= 4 is 39.1 Å². The lowest BCUT2D eigenvalue weighted by Crippen LogP contribution is -1.95. The van der Waals surface area contributed by atoms with E-state index in [9.17, 15) is 0 Å². The van der Waals surface area contributed by atoms with Crippen LogP contribution < -0.4 is 5.73 Å². The molecular weight excluding hydrogens is 282 g/mol. The van der Waals surface area contributed by atoms with Crippen molar-refractivity contribution in [2.24, 2.45) is 0 Å². The minimum Gasteiger partial charge on any atom is -0.424 e. The van der Waals surface area contributed by atoms with Crippen molar-refractivity contribution in [2.75, 3.05) is 5.73 Å². The molecule has 0 saturated heterocycles. The number of nitrogens with two attached hydrogens (primary N) is 1. The van der Waals surface area contributed by atoms with Crippen LogP contribution in [0.5, 0.6) is 0 Å². The van der Waals surface area contributed by atoms with Gasteiger partial charge < -0.3 is 10.2 Å². The molecule has 0 bridgehead atoms. The first-order valence-corrected chi connectivity index (χ1v) is 7.57. The van der Waals surface area contributed by atoms with Crippen LogP contribution in [0.1, 0.15) is 18.7 Å². The molecule has 0 spiro atoms. The molecular formula is C11H11N5OS2. The van der Waals surface area contributed by atoms with E-state index >= 15 is 0 Å². The number of anilines is 1. The van der Waals surface area contributed by atoms with Crippen molar-refractivity contribution in [3.8, 4) is 0 Å². The summed E-state index contributed by atoms with van der Waals surface area (Å²) in [4.78, 5) is 9.60. The topological polar surface area (TPSA) is 90.7 Å². The molecule has 3 heterocycles. The summed E-state index contributed by atoms with van der Waals surface area (Å²) in [7, 11) is 0. The molecule has 0 aliphatic heterocycles. The van der Waals surface area contributed by atoms with Crippen LogP contribution in [0.2, 0.25) is 0 Å². The molecule has 0 radical (unpaired) electrons. The van der Waals surface area contributed by atoms with Crippen LogP contribution in [-0.4, -0.2) is 20.2 Å². The largest absolute Gasteiger partial charge is 0.424 e. The number of hydrogen-bond acceptors (Lipinski definition) is 8. The molecule has 98 valence electrons. The molecule has 19 heavy (non-hydrogen) atoms. The van der Waals surface area contributed by atoms with Gasteiger partial charge in [-0.3, -0.25) is 0 Å². The van der Waals surface area contributed by atoms with Crippen molar-refractivity contribution in [2.45, 2.75) is 24.3 Å². The van der Waals surface area contributed by atoms with Gasteiger partial charge in [0, 0.05) is 6.42 Å². The molecule has 2 N–H and O–H groups in total. The summed E-state index contributed by atoms with van der Waals surface area (Å²) < 4.78 is 5.43. The van der Waals surface area contributed by atoms with Gasteiger partial charge >= 0.3 is 0 Å². The van der Waals surface area contributed by atoms with Gasteiger partial charge in [0.1, 0.15) is 10.6 Å². The smallest absolute Gasteiger partial charge is 0.226 e. The molecule has 3 aromatic heterocycles. The van der Waals surface area contributed by atoms with Crippen LogP contribution in [0, 0.1) is 0 Å². The number of aryl methyl sites for hydroxylation is 1. The predicted molar refractivity (Wildman–Crippen MR) is 75.1 cm³/mol. The van der Waals surface area contributed by atoms with Gasteiger partial charge in [-0.1, -0.05) is 18.7 Å². The lowest BCUT2D eigenvalue weighted by atomic mass is 10.4. The third kappa shape index (κ3) is 2.54. The maximum absolute atomic E-state index is 5.89. The number of thioether (sulfide) groups is 1. The first-order valence-electron chi connectivity index (χ1n) is 5.71. The van der Waals surface area contributed by atoms with E-state index in [0.29, 0.717) is 28.5 Å². The van der Waals surface area contributed by atoms with Crippen LogP contribution in [0.4, 0.5) is 5.82 Å². The van der Waals surface area contributed by atoms with Gasteiger partial charge in [0.15, 0.2) is 5.16 Å². The quantitative estimate of drug-likeness (QED) is 0.583. The molecule has 0 unspecified atom stereocenters. The Morgan fingerprint density at radius 1 is 1.32 bits per heavy atom. The highest BCUT2D eigenvalue weighted by molar-refractivity contribution is 7.98. The molecule has 8 heteroatoms. The molecule has 0 aliphatic rings. The van der Waals surface area contributed by atoms with E-state index < -0.39 is 0 Å². The van der Waals surface area contributed by atoms with Gasteiger partial charge in [0.05, 0.1) is 11.1 Å². The zero-order chi connectivity index (χ0) is 13.2. The molecule has 6 nitrogen and oxygen atoms in total. The van der Waals surface area contributed by atoms with E-state index in [1.54, 1.807) is 11.3 Å². The fourth-order valence-corrected chi connectivity index (χ4v) is 3.06. The maximum atomic E-state index is 5.89. The Balaban J connectivity index is 1.77.